The van der Waals surface area contributed by atoms with Gasteiger partial charge in [0.25, 0.3) is 0 Å². The summed E-state index contributed by atoms with van der Waals surface area (Å²) in [7, 11) is 1.65. The molecule has 140 valence electrons. The topological polar surface area (TPSA) is 62.9 Å². The van der Waals surface area contributed by atoms with Crippen molar-refractivity contribution in [3.05, 3.63) is 46.7 Å². The van der Waals surface area contributed by atoms with Gasteiger partial charge in [0.1, 0.15) is 5.75 Å². The van der Waals surface area contributed by atoms with Crippen LogP contribution in [0.4, 0.5) is 5.69 Å². The van der Waals surface area contributed by atoms with Crippen LogP contribution in [0.15, 0.2) is 46.8 Å². The van der Waals surface area contributed by atoms with E-state index in [1.54, 1.807) is 18.4 Å². The van der Waals surface area contributed by atoms with Gasteiger partial charge in [0.15, 0.2) is 5.96 Å². The second-order valence-corrected chi connectivity index (χ2v) is 7.81. The van der Waals surface area contributed by atoms with E-state index in [9.17, 15) is 0 Å². The smallest absolute Gasteiger partial charge is 0.193 e. The maximum atomic E-state index is 6.13. The van der Waals surface area contributed by atoms with Crippen LogP contribution in [-0.2, 0) is 0 Å². The Labute approximate surface area is 159 Å². The maximum Gasteiger partial charge on any atom is 0.193 e. The first-order valence-corrected chi connectivity index (χ1v) is 10.0. The second kappa shape index (κ2) is 9.05. The number of nitrogens with one attached hydrogen (secondary N) is 1. The molecule has 1 fully saturated rings. The molecule has 3 rings (SSSR count). The molecule has 0 saturated carbocycles. The number of nitrogens with two attached hydrogens (primary N) is 1. The third-order valence-electron chi connectivity index (χ3n) is 4.91. The van der Waals surface area contributed by atoms with Crippen molar-refractivity contribution in [2.24, 2.45) is 16.6 Å². The number of ether oxygens (including phenoxy) is 1. The molecule has 1 aliphatic rings. The van der Waals surface area contributed by atoms with Gasteiger partial charge in [-0.3, -0.25) is 9.89 Å². The van der Waals surface area contributed by atoms with Crippen LogP contribution in [0.2, 0.25) is 0 Å². The minimum Gasteiger partial charge on any atom is -0.497 e. The molecule has 1 atom stereocenters. The molecule has 0 amide bonds. The molecule has 1 unspecified atom stereocenters. The highest BCUT2D eigenvalue weighted by atomic mass is 32.1. The van der Waals surface area contributed by atoms with Crippen LogP contribution in [0.5, 0.6) is 5.75 Å². The molecular weight excluding hydrogens is 344 g/mol. The number of likely N-dealkylation sites (tertiary alicyclic amines) is 1. The van der Waals surface area contributed by atoms with E-state index in [0.717, 1.165) is 30.4 Å². The summed E-state index contributed by atoms with van der Waals surface area (Å²) in [5, 5.41) is 5.30. The number of benzene rings is 1. The van der Waals surface area contributed by atoms with E-state index in [0.29, 0.717) is 18.5 Å². The lowest BCUT2D eigenvalue weighted by atomic mass is 9.97. The van der Waals surface area contributed by atoms with Crippen LogP contribution in [0.1, 0.15) is 30.7 Å². The van der Waals surface area contributed by atoms with Gasteiger partial charge in [0.05, 0.1) is 19.7 Å². The van der Waals surface area contributed by atoms with Gasteiger partial charge in [0.2, 0.25) is 0 Å². The average Bonchev–Trinajstić information content (AvgIpc) is 3.18. The fourth-order valence-corrected chi connectivity index (χ4v) is 4.13. The Hall–Kier alpha value is -2.05. The van der Waals surface area contributed by atoms with E-state index in [2.05, 4.69) is 39.6 Å². The van der Waals surface area contributed by atoms with Crippen molar-refractivity contribution in [3.8, 4) is 5.75 Å². The minimum absolute atomic E-state index is 0.299. The van der Waals surface area contributed by atoms with Crippen molar-refractivity contribution in [3.63, 3.8) is 0 Å². The first-order chi connectivity index (χ1) is 12.7. The van der Waals surface area contributed by atoms with Crippen molar-refractivity contribution in [1.29, 1.82) is 0 Å². The van der Waals surface area contributed by atoms with Gasteiger partial charge in [-0.05, 0) is 55.4 Å². The zero-order valence-corrected chi connectivity index (χ0v) is 16.3. The van der Waals surface area contributed by atoms with Crippen molar-refractivity contribution >= 4 is 23.0 Å². The van der Waals surface area contributed by atoms with E-state index in [4.69, 9.17) is 10.5 Å². The number of thiophene rings is 1. The number of hydrogen-bond acceptors (Lipinski definition) is 4. The molecule has 0 bridgehead atoms. The highest BCUT2D eigenvalue weighted by Crippen LogP contribution is 2.29. The number of hydrogen-bond donors (Lipinski definition) is 2. The summed E-state index contributed by atoms with van der Waals surface area (Å²) < 4.78 is 5.25. The van der Waals surface area contributed by atoms with Gasteiger partial charge in [-0.2, -0.15) is 0 Å². The molecule has 2 aromatic rings. The molecule has 5 nitrogen and oxygen atoms in total. The molecule has 0 spiro atoms. The SMILES string of the molecule is COc1cccc(NC(N)=NCC(c2cccs2)N2CCC(C)CC2)c1. The molecule has 0 aliphatic carbocycles. The van der Waals surface area contributed by atoms with E-state index in [-0.39, 0.29) is 0 Å². The Kier molecular flexibility index (Phi) is 6.52. The maximum absolute atomic E-state index is 6.13. The van der Waals surface area contributed by atoms with Crippen molar-refractivity contribution < 1.29 is 4.74 Å². The van der Waals surface area contributed by atoms with Gasteiger partial charge >= 0.3 is 0 Å². The number of rotatable bonds is 6. The number of methoxy groups -OCH3 is 1. The number of nitrogens with zero attached hydrogens (tertiary/aromatic N) is 2. The van der Waals surface area contributed by atoms with Crippen LogP contribution >= 0.6 is 11.3 Å². The molecule has 3 N–H and O–H groups in total. The summed E-state index contributed by atoms with van der Waals surface area (Å²) in [6.07, 6.45) is 2.51. The Morgan fingerprint density at radius 1 is 1.35 bits per heavy atom. The van der Waals surface area contributed by atoms with Crippen LogP contribution in [0, 0.1) is 5.92 Å². The Morgan fingerprint density at radius 2 is 2.15 bits per heavy atom. The fourth-order valence-electron chi connectivity index (χ4n) is 3.28. The molecule has 26 heavy (non-hydrogen) atoms. The molecule has 2 heterocycles. The Bertz CT molecular complexity index is 708. The largest absolute Gasteiger partial charge is 0.497 e. The predicted octanol–water partition coefficient (Wildman–Crippen LogP) is 3.96. The van der Waals surface area contributed by atoms with Crippen molar-refractivity contribution in [1.82, 2.24) is 4.90 Å². The average molecular weight is 373 g/mol. The lowest BCUT2D eigenvalue weighted by molar-refractivity contribution is 0.143. The van der Waals surface area contributed by atoms with Gasteiger partial charge < -0.3 is 15.8 Å². The van der Waals surface area contributed by atoms with E-state index < -0.39 is 0 Å². The summed E-state index contributed by atoms with van der Waals surface area (Å²) in [6, 6.07) is 12.3. The van der Waals surface area contributed by atoms with Crippen LogP contribution < -0.4 is 15.8 Å². The predicted molar refractivity (Wildman–Crippen MR) is 110 cm³/mol. The Balaban J connectivity index is 1.67. The second-order valence-electron chi connectivity index (χ2n) is 6.83. The molecule has 1 aromatic carbocycles. The van der Waals surface area contributed by atoms with Gasteiger partial charge in [-0.25, -0.2) is 0 Å². The van der Waals surface area contributed by atoms with Crippen LogP contribution in [0.3, 0.4) is 0 Å². The third kappa shape index (κ3) is 4.99. The first kappa shape index (κ1) is 18.7. The molecule has 6 heteroatoms. The monoisotopic (exact) mass is 372 g/mol. The number of piperidine rings is 1. The van der Waals surface area contributed by atoms with Crippen molar-refractivity contribution in [2.75, 3.05) is 32.1 Å². The molecule has 1 aromatic heterocycles. The number of anilines is 1. The van der Waals surface area contributed by atoms with Crippen LogP contribution in [-0.4, -0.2) is 37.6 Å². The van der Waals surface area contributed by atoms with Gasteiger partial charge in [0, 0.05) is 16.6 Å². The van der Waals surface area contributed by atoms with E-state index in [1.807, 2.05) is 24.3 Å². The first-order valence-electron chi connectivity index (χ1n) is 9.14. The summed E-state index contributed by atoms with van der Waals surface area (Å²) in [4.78, 5) is 8.54. The quantitative estimate of drug-likeness (QED) is 0.595. The van der Waals surface area contributed by atoms with Crippen molar-refractivity contribution in [2.45, 2.75) is 25.8 Å². The summed E-state index contributed by atoms with van der Waals surface area (Å²) >= 11 is 1.80. The normalized spacial score (nSPS) is 17.8. The molecule has 0 radical (unpaired) electrons. The standard InChI is InChI=1S/C20H28N4OS/c1-15-8-10-24(11-9-15)18(19-7-4-12-26-19)14-22-20(21)23-16-5-3-6-17(13-16)25-2/h3-7,12-13,15,18H,8-11,14H2,1-2H3,(H3,21,22,23). The molecule has 1 saturated heterocycles. The molecular formula is C20H28N4OS. The Morgan fingerprint density at radius 3 is 2.85 bits per heavy atom. The van der Waals surface area contributed by atoms with Gasteiger partial charge in [-0.15, -0.1) is 11.3 Å². The third-order valence-corrected chi connectivity index (χ3v) is 5.88. The lowest BCUT2D eigenvalue weighted by Gasteiger charge is -2.35. The highest BCUT2D eigenvalue weighted by molar-refractivity contribution is 7.10. The summed E-state index contributed by atoms with van der Waals surface area (Å²) in [6.45, 7) is 5.26. The van der Waals surface area contributed by atoms with Gasteiger partial charge in [-0.1, -0.05) is 19.1 Å². The fraction of sp³-hybridized carbons (Fsp3) is 0.450. The van der Waals surface area contributed by atoms with E-state index >= 15 is 0 Å². The lowest BCUT2D eigenvalue weighted by Crippen LogP contribution is -2.37. The summed E-state index contributed by atoms with van der Waals surface area (Å²) in [5.74, 6) is 2.05. The highest BCUT2D eigenvalue weighted by Gasteiger charge is 2.25. The van der Waals surface area contributed by atoms with E-state index in [1.165, 1.54) is 17.7 Å². The zero-order valence-electron chi connectivity index (χ0n) is 15.5. The summed E-state index contributed by atoms with van der Waals surface area (Å²) in [5.41, 5.74) is 7.01. The van der Waals surface area contributed by atoms with Crippen LogP contribution in [0.25, 0.3) is 0 Å². The molecule has 1 aliphatic heterocycles. The minimum atomic E-state index is 0.299. The zero-order chi connectivity index (χ0) is 18.4. The number of aliphatic imine (C=N–C) groups is 1. The number of guanidine groups is 1.